The zero-order valence-corrected chi connectivity index (χ0v) is 19.8. The molecule has 0 aliphatic heterocycles. The smallest absolute Gasteiger partial charge is 0.306 e. The lowest BCUT2D eigenvalue weighted by atomic mass is 9.87. The Morgan fingerprint density at radius 3 is 1.48 bits per heavy atom. The Hall–Kier alpha value is -1.06. The topological polar surface area (TPSA) is 52.6 Å². The van der Waals surface area contributed by atoms with E-state index in [0.717, 1.165) is 19.3 Å². The van der Waals surface area contributed by atoms with Crippen LogP contribution in [0.5, 0.6) is 0 Å². The molecule has 0 saturated heterocycles. The number of rotatable bonds is 20. The van der Waals surface area contributed by atoms with Crippen molar-refractivity contribution in [3.63, 3.8) is 0 Å². The van der Waals surface area contributed by atoms with Gasteiger partial charge in [-0.1, -0.05) is 84.5 Å². The summed E-state index contributed by atoms with van der Waals surface area (Å²) in [6.45, 7) is 9.13. The van der Waals surface area contributed by atoms with E-state index in [4.69, 9.17) is 9.47 Å². The van der Waals surface area contributed by atoms with E-state index in [-0.39, 0.29) is 11.9 Å². The van der Waals surface area contributed by atoms with E-state index in [9.17, 15) is 9.59 Å². The van der Waals surface area contributed by atoms with Crippen molar-refractivity contribution in [1.29, 1.82) is 0 Å². The molecule has 1 unspecified atom stereocenters. The first-order chi connectivity index (χ1) is 14.0. The van der Waals surface area contributed by atoms with Crippen LogP contribution in [-0.4, -0.2) is 25.2 Å². The highest BCUT2D eigenvalue weighted by Crippen LogP contribution is 2.23. The van der Waals surface area contributed by atoms with E-state index in [1.54, 1.807) is 0 Å². The molecular weight excluding hydrogens is 364 g/mol. The first kappa shape index (κ1) is 27.9. The molecule has 0 N–H and O–H groups in total. The lowest BCUT2D eigenvalue weighted by molar-refractivity contribution is -0.145. The molecule has 0 spiro atoms. The number of hydrogen-bond acceptors (Lipinski definition) is 4. The van der Waals surface area contributed by atoms with Crippen LogP contribution in [0.4, 0.5) is 0 Å². The molecule has 0 aromatic carbocycles. The summed E-state index contributed by atoms with van der Waals surface area (Å²) in [7, 11) is 0. The van der Waals surface area contributed by atoms with Gasteiger partial charge < -0.3 is 9.47 Å². The van der Waals surface area contributed by atoms with E-state index in [2.05, 4.69) is 13.8 Å². The summed E-state index contributed by atoms with van der Waals surface area (Å²) in [6, 6.07) is 0. The number of esters is 2. The average Bonchev–Trinajstić information content (AvgIpc) is 2.67. The van der Waals surface area contributed by atoms with Crippen molar-refractivity contribution < 1.29 is 19.1 Å². The van der Waals surface area contributed by atoms with E-state index < -0.39 is 0 Å². The zero-order chi connectivity index (χ0) is 21.7. The van der Waals surface area contributed by atoms with E-state index >= 15 is 0 Å². The Labute approximate surface area is 180 Å². The molecule has 0 aliphatic carbocycles. The molecule has 29 heavy (non-hydrogen) atoms. The Bertz CT molecular complexity index is 392. The van der Waals surface area contributed by atoms with Gasteiger partial charge in [0.2, 0.25) is 0 Å². The summed E-state index contributed by atoms with van der Waals surface area (Å²) in [5.41, 5.74) is 0. The van der Waals surface area contributed by atoms with Gasteiger partial charge in [0.05, 0.1) is 13.2 Å². The van der Waals surface area contributed by atoms with Crippen LogP contribution in [0.1, 0.15) is 124 Å². The fraction of sp³-hybridized carbons (Fsp3) is 0.920. The quantitative estimate of drug-likeness (QED) is 0.156. The Morgan fingerprint density at radius 2 is 1.03 bits per heavy atom. The maximum absolute atomic E-state index is 11.7. The van der Waals surface area contributed by atoms with Crippen molar-refractivity contribution in [1.82, 2.24) is 0 Å². The van der Waals surface area contributed by atoms with Gasteiger partial charge in [0.15, 0.2) is 0 Å². The normalized spacial score (nSPS) is 12.2. The van der Waals surface area contributed by atoms with Gasteiger partial charge in [0, 0.05) is 12.8 Å². The molecule has 0 aromatic heterocycles. The molecule has 0 radical (unpaired) electrons. The first-order valence-corrected chi connectivity index (χ1v) is 12.3. The van der Waals surface area contributed by atoms with E-state index in [0.29, 0.717) is 37.9 Å². The van der Waals surface area contributed by atoms with E-state index in [1.165, 1.54) is 64.2 Å². The van der Waals surface area contributed by atoms with Crippen LogP contribution in [0.2, 0.25) is 0 Å². The molecule has 0 rings (SSSR count). The van der Waals surface area contributed by atoms with Crippen LogP contribution in [0.3, 0.4) is 0 Å². The summed E-state index contributed by atoms with van der Waals surface area (Å²) in [5, 5.41) is 0. The summed E-state index contributed by atoms with van der Waals surface area (Å²) >= 11 is 0. The molecule has 4 nitrogen and oxygen atoms in total. The highest BCUT2D eigenvalue weighted by Gasteiger charge is 2.17. The second-order valence-electron chi connectivity index (χ2n) is 8.60. The van der Waals surface area contributed by atoms with Crippen LogP contribution < -0.4 is 0 Å². The zero-order valence-electron chi connectivity index (χ0n) is 19.8. The van der Waals surface area contributed by atoms with Gasteiger partial charge in [-0.2, -0.15) is 0 Å². The van der Waals surface area contributed by atoms with Gasteiger partial charge in [0.1, 0.15) is 0 Å². The summed E-state index contributed by atoms with van der Waals surface area (Å²) < 4.78 is 10.0. The van der Waals surface area contributed by atoms with Crippen LogP contribution >= 0.6 is 0 Å². The van der Waals surface area contributed by atoms with Crippen molar-refractivity contribution in [2.24, 2.45) is 11.8 Å². The number of unbranched alkanes of at least 4 members (excludes halogenated alkanes) is 11. The Kier molecular flexibility index (Phi) is 19.5. The molecule has 1 atom stereocenters. The maximum atomic E-state index is 11.7. The van der Waals surface area contributed by atoms with Crippen LogP contribution in [0, 0.1) is 11.8 Å². The maximum Gasteiger partial charge on any atom is 0.306 e. The SMILES string of the molecule is CCOC(=O)CCCCCCCCCCCCCCC(CC(=O)OCC)C(C)C. The molecule has 0 amide bonds. The van der Waals surface area contributed by atoms with Crippen molar-refractivity contribution in [3.05, 3.63) is 0 Å². The van der Waals surface area contributed by atoms with Gasteiger partial charge in [-0.05, 0) is 38.5 Å². The van der Waals surface area contributed by atoms with Gasteiger partial charge >= 0.3 is 11.9 Å². The summed E-state index contributed by atoms with van der Waals surface area (Å²) in [6.07, 6.45) is 17.5. The Balaban J connectivity index is 3.41. The fourth-order valence-electron chi connectivity index (χ4n) is 3.78. The Morgan fingerprint density at radius 1 is 0.621 bits per heavy atom. The largest absolute Gasteiger partial charge is 0.466 e. The van der Waals surface area contributed by atoms with Crippen LogP contribution in [0.15, 0.2) is 0 Å². The fourth-order valence-corrected chi connectivity index (χ4v) is 3.78. The third-order valence-electron chi connectivity index (χ3n) is 5.69. The third kappa shape index (κ3) is 18.7. The number of ether oxygens (including phenoxy) is 2. The van der Waals surface area contributed by atoms with Crippen molar-refractivity contribution in [2.75, 3.05) is 13.2 Å². The second-order valence-corrected chi connectivity index (χ2v) is 8.60. The monoisotopic (exact) mass is 412 g/mol. The standard InChI is InChI=1S/C25H48O4/c1-5-28-24(26)20-18-16-14-12-10-8-7-9-11-13-15-17-19-23(22(3)4)21-25(27)29-6-2/h22-23H,5-21H2,1-4H3. The molecule has 0 fully saturated rings. The first-order valence-electron chi connectivity index (χ1n) is 12.3. The minimum absolute atomic E-state index is 0.0369. The average molecular weight is 413 g/mol. The highest BCUT2D eigenvalue weighted by molar-refractivity contribution is 5.69. The molecule has 0 heterocycles. The summed E-state index contributed by atoms with van der Waals surface area (Å²) in [4.78, 5) is 22.9. The minimum Gasteiger partial charge on any atom is -0.466 e. The van der Waals surface area contributed by atoms with Crippen molar-refractivity contribution >= 4 is 11.9 Å². The second kappa shape index (κ2) is 20.2. The molecule has 172 valence electrons. The number of carbonyl (C=O) groups excluding carboxylic acids is 2. The third-order valence-corrected chi connectivity index (χ3v) is 5.69. The van der Waals surface area contributed by atoms with Gasteiger partial charge in [-0.25, -0.2) is 0 Å². The van der Waals surface area contributed by atoms with Gasteiger partial charge in [0.25, 0.3) is 0 Å². The number of hydrogen-bond donors (Lipinski definition) is 0. The van der Waals surface area contributed by atoms with Crippen molar-refractivity contribution in [2.45, 2.75) is 124 Å². The molecular formula is C25H48O4. The highest BCUT2D eigenvalue weighted by atomic mass is 16.5. The molecule has 0 aromatic rings. The lowest BCUT2D eigenvalue weighted by Crippen LogP contribution is -2.16. The number of carbonyl (C=O) groups is 2. The van der Waals surface area contributed by atoms with Gasteiger partial charge in [-0.15, -0.1) is 0 Å². The van der Waals surface area contributed by atoms with Crippen LogP contribution in [-0.2, 0) is 19.1 Å². The van der Waals surface area contributed by atoms with Crippen molar-refractivity contribution in [3.8, 4) is 0 Å². The predicted octanol–water partition coefficient (Wildman–Crippen LogP) is 7.24. The molecule has 4 heteroatoms. The van der Waals surface area contributed by atoms with Gasteiger partial charge in [-0.3, -0.25) is 9.59 Å². The van der Waals surface area contributed by atoms with E-state index in [1.807, 2.05) is 13.8 Å². The van der Waals surface area contributed by atoms with Crippen LogP contribution in [0.25, 0.3) is 0 Å². The lowest BCUT2D eigenvalue weighted by Gasteiger charge is -2.19. The minimum atomic E-state index is -0.0498. The summed E-state index contributed by atoms with van der Waals surface area (Å²) in [5.74, 6) is 0.923. The molecule has 0 aliphatic rings. The predicted molar refractivity (Wildman–Crippen MR) is 121 cm³/mol. The molecule has 0 saturated carbocycles. The molecule has 0 bridgehead atoms.